The molecule has 158 valence electrons. The normalized spacial score (nSPS) is 14.7. The van der Waals surface area contributed by atoms with Gasteiger partial charge in [0, 0.05) is 29.1 Å². The predicted molar refractivity (Wildman–Crippen MR) is 122 cm³/mol. The standard InChI is InChI=1S/C26H26N2O3/c1-4-17-10-8-9-13-21(17)27-24(30)20-14-19-22(15-26(2,3)16-23(19)29)28(25(20)31)18-11-6-5-7-12-18/h5-14H,4,15-16H2,1-3H3,(H,27,30). The van der Waals surface area contributed by atoms with Gasteiger partial charge in [0.1, 0.15) is 5.56 Å². The van der Waals surface area contributed by atoms with Gasteiger partial charge in [-0.2, -0.15) is 0 Å². The van der Waals surface area contributed by atoms with Crippen LogP contribution in [0.4, 0.5) is 5.69 Å². The smallest absolute Gasteiger partial charge is 0.268 e. The summed E-state index contributed by atoms with van der Waals surface area (Å²) < 4.78 is 1.54. The van der Waals surface area contributed by atoms with E-state index in [1.807, 2.05) is 75.4 Å². The molecule has 1 aliphatic carbocycles. The fourth-order valence-electron chi connectivity index (χ4n) is 4.27. The van der Waals surface area contributed by atoms with Crippen LogP contribution in [-0.2, 0) is 12.8 Å². The number of amides is 1. The molecule has 0 atom stereocenters. The number of Topliss-reactive ketones (excluding diaryl/α,β-unsaturated/α-hetero) is 1. The summed E-state index contributed by atoms with van der Waals surface area (Å²) in [7, 11) is 0. The Morgan fingerprint density at radius 2 is 1.68 bits per heavy atom. The molecule has 5 heteroatoms. The number of hydrogen-bond donors (Lipinski definition) is 1. The van der Waals surface area contributed by atoms with E-state index in [0.29, 0.717) is 35.5 Å². The van der Waals surface area contributed by atoms with Crippen LogP contribution in [-0.4, -0.2) is 16.3 Å². The van der Waals surface area contributed by atoms with Crippen LogP contribution >= 0.6 is 0 Å². The zero-order valence-electron chi connectivity index (χ0n) is 18.1. The molecule has 0 bridgehead atoms. The molecule has 3 aromatic rings. The van der Waals surface area contributed by atoms with E-state index in [-0.39, 0.29) is 16.8 Å². The number of ketones is 1. The van der Waals surface area contributed by atoms with Crippen molar-refractivity contribution in [2.75, 3.05) is 5.32 Å². The molecule has 0 saturated heterocycles. The van der Waals surface area contributed by atoms with Crippen molar-refractivity contribution in [1.29, 1.82) is 0 Å². The van der Waals surface area contributed by atoms with Gasteiger partial charge in [0.15, 0.2) is 5.78 Å². The van der Waals surface area contributed by atoms with Crippen molar-refractivity contribution < 1.29 is 9.59 Å². The highest BCUT2D eigenvalue weighted by Crippen LogP contribution is 2.35. The molecule has 1 N–H and O–H groups in total. The van der Waals surface area contributed by atoms with Crippen LogP contribution in [0.1, 0.15) is 59.2 Å². The summed E-state index contributed by atoms with van der Waals surface area (Å²) in [6.07, 6.45) is 1.72. The number of hydrogen-bond acceptors (Lipinski definition) is 3. The van der Waals surface area contributed by atoms with Gasteiger partial charge in [0.05, 0.1) is 0 Å². The number of benzene rings is 2. The minimum atomic E-state index is -0.504. The maximum absolute atomic E-state index is 13.5. The van der Waals surface area contributed by atoms with E-state index in [1.54, 1.807) is 0 Å². The average Bonchev–Trinajstić information content (AvgIpc) is 2.73. The minimum absolute atomic E-state index is 0.0263. The Hall–Kier alpha value is -3.47. The van der Waals surface area contributed by atoms with E-state index < -0.39 is 11.5 Å². The van der Waals surface area contributed by atoms with E-state index >= 15 is 0 Å². The first kappa shape index (κ1) is 20.8. The largest absolute Gasteiger partial charge is 0.322 e. The third kappa shape index (κ3) is 3.96. The number of nitrogens with one attached hydrogen (secondary N) is 1. The molecule has 0 fully saturated rings. The number of fused-ring (bicyclic) bond motifs is 1. The molecule has 4 rings (SSSR count). The molecule has 0 aliphatic heterocycles. The van der Waals surface area contributed by atoms with Crippen LogP contribution in [0.5, 0.6) is 0 Å². The second kappa shape index (κ2) is 7.99. The van der Waals surface area contributed by atoms with Gasteiger partial charge < -0.3 is 5.32 Å². The Kier molecular flexibility index (Phi) is 5.36. The number of nitrogens with zero attached hydrogens (tertiary/aromatic N) is 1. The molecule has 0 saturated carbocycles. The number of carbonyl (C=O) groups is 2. The number of para-hydroxylation sites is 2. The lowest BCUT2D eigenvalue weighted by Crippen LogP contribution is -2.37. The molecule has 1 aromatic heterocycles. The molecule has 0 unspecified atom stereocenters. The number of rotatable bonds is 4. The van der Waals surface area contributed by atoms with Crippen LogP contribution in [0.25, 0.3) is 5.69 Å². The van der Waals surface area contributed by atoms with Gasteiger partial charge in [-0.15, -0.1) is 0 Å². The molecule has 31 heavy (non-hydrogen) atoms. The van der Waals surface area contributed by atoms with E-state index in [1.165, 1.54) is 10.6 Å². The quantitative estimate of drug-likeness (QED) is 0.666. The first-order valence-electron chi connectivity index (χ1n) is 10.6. The van der Waals surface area contributed by atoms with Crippen molar-refractivity contribution in [1.82, 2.24) is 4.57 Å². The van der Waals surface area contributed by atoms with Crippen LogP contribution in [0.2, 0.25) is 0 Å². The molecule has 1 aliphatic rings. The van der Waals surface area contributed by atoms with E-state index in [4.69, 9.17) is 0 Å². The molecule has 0 radical (unpaired) electrons. The van der Waals surface area contributed by atoms with Crippen molar-refractivity contribution in [2.45, 2.75) is 40.0 Å². The lowest BCUT2D eigenvalue weighted by molar-refractivity contribution is 0.0909. The van der Waals surface area contributed by atoms with Crippen molar-refractivity contribution in [3.8, 4) is 5.69 Å². The Balaban J connectivity index is 1.89. The summed E-state index contributed by atoms with van der Waals surface area (Å²) in [5.41, 5.74) is 2.73. The van der Waals surface area contributed by atoms with E-state index in [2.05, 4.69) is 5.32 Å². The number of anilines is 1. The summed E-state index contributed by atoms with van der Waals surface area (Å²) in [6.45, 7) is 6.05. The van der Waals surface area contributed by atoms with Crippen molar-refractivity contribution in [2.24, 2.45) is 5.41 Å². The molecule has 2 aromatic carbocycles. The number of pyridine rings is 1. The van der Waals surface area contributed by atoms with Gasteiger partial charge in [-0.3, -0.25) is 19.0 Å². The Labute approximate surface area is 181 Å². The van der Waals surface area contributed by atoms with Crippen LogP contribution in [0.15, 0.2) is 65.5 Å². The fourth-order valence-corrected chi connectivity index (χ4v) is 4.27. The van der Waals surface area contributed by atoms with Gasteiger partial charge in [-0.1, -0.05) is 57.2 Å². The van der Waals surface area contributed by atoms with Crippen LogP contribution < -0.4 is 10.9 Å². The summed E-state index contributed by atoms with van der Waals surface area (Å²) in [5, 5.41) is 2.87. The van der Waals surface area contributed by atoms with Crippen molar-refractivity contribution >= 4 is 17.4 Å². The van der Waals surface area contributed by atoms with Gasteiger partial charge in [0.25, 0.3) is 11.5 Å². The second-order valence-corrected chi connectivity index (χ2v) is 8.80. The minimum Gasteiger partial charge on any atom is -0.322 e. The first-order chi connectivity index (χ1) is 14.8. The summed E-state index contributed by atoms with van der Waals surface area (Å²) in [4.78, 5) is 39.7. The number of aryl methyl sites for hydroxylation is 1. The van der Waals surface area contributed by atoms with Crippen LogP contribution in [0, 0.1) is 5.41 Å². The topological polar surface area (TPSA) is 68.2 Å². The molecular weight excluding hydrogens is 388 g/mol. The van der Waals surface area contributed by atoms with Crippen LogP contribution in [0.3, 0.4) is 0 Å². The lowest BCUT2D eigenvalue weighted by Gasteiger charge is -2.32. The van der Waals surface area contributed by atoms with E-state index in [9.17, 15) is 14.4 Å². The highest BCUT2D eigenvalue weighted by Gasteiger charge is 2.35. The summed E-state index contributed by atoms with van der Waals surface area (Å²) in [6, 6.07) is 18.2. The maximum atomic E-state index is 13.5. The molecule has 0 spiro atoms. The van der Waals surface area contributed by atoms with Gasteiger partial charge >= 0.3 is 0 Å². The van der Waals surface area contributed by atoms with Gasteiger partial charge in [0.2, 0.25) is 0 Å². The Morgan fingerprint density at radius 3 is 2.39 bits per heavy atom. The second-order valence-electron chi connectivity index (χ2n) is 8.80. The third-order valence-corrected chi connectivity index (χ3v) is 5.79. The highest BCUT2D eigenvalue weighted by atomic mass is 16.2. The summed E-state index contributed by atoms with van der Waals surface area (Å²) in [5.74, 6) is -0.546. The first-order valence-corrected chi connectivity index (χ1v) is 10.6. The Bertz CT molecular complexity index is 1220. The van der Waals surface area contributed by atoms with Crippen molar-refractivity contribution in [3.63, 3.8) is 0 Å². The predicted octanol–water partition coefficient (Wildman–Crippen LogP) is 4.81. The number of carbonyl (C=O) groups excluding carboxylic acids is 2. The average molecular weight is 415 g/mol. The number of aromatic nitrogens is 1. The zero-order chi connectivity index (χ0) is 22.2. The SMILES string of the molecule is CCc1ccccc1NC(=O)c1cc2c(n(-c3ccccc3)c1=O)CC(C)(C)CC2=O. The summed E-state index contributed by atoms with van der Waals surface area (Å²) >= 11 is 0. The van der Waals surface area contributed by atoms with E-state index in [0.717, 1.165) is 12.0 Å². The Morgan fingerprint density at radius 1 is 1.00 bits per heavy atom. The third-order valence-electron chi connectivity index (χ3n) is 5.79. The zero-order valence-corrected chi connectivity index (χ0v) is 18.1. The molecular formula is C26H26N2O3. The lowest BCUT2D eigenvalue weighted by atomic mass is 9.75. The van der Waals surface area contributed by atoms with Crippen molar-refractivity contribution in [3.05, 3.63) is 93.4 Å². The van der Waals surface area contributed by atoms with Gasteiger partial charge in [-0.05, 0) is 48.1 Å². The molecule has 1 amide bonds. The fraction of sp³-hybridized carbons (Fsp3) is 0.269. The van der Waals surface area contributed by atoms with Gasteiger partial charge in [-0.25, -0.2) is 0 Å². The monoisotopic (exact) mass is 414 g/mol. The molecule has 5 nitrogen and oxygen atoms in total. The molecule has 1 heterocycles. The highest BCUT2D eigenvalue weighted by molar-refractivity contribution is 6.07. The maximum Gasteiger partial charge on any atom is 0.268 e.